The molecule has 0 aromatic heterocycles. The fourth-order valence-electron chi connectivity index (χ4n) is 3.77. The molecule has 0 radical (unpaired) electrons. The molecule has 0 saturated carbocycles. The van der Waals surface area contributed by atoms with E-state index < -0.39 is 10.0 Å². The Labute approximate surface area is 168 Å². The van der Waals surface area contributed by atoms with Crippen LogP contribution in [0.15, 0.2) is 23.1 Å². The van der Waals surface area contributed by atoms with Gasteiger partial charge in [-0.25, -0.2) is 8.42 Å². The molecular weight excluding hydrogens is 386 g/mol. The third kappa shape index (κ3) is 4.65. The Bertz CT molecular complexity index is 776. The highest BCUT2D eigenvalue weighted by Gasteiger charge is 2.35. The van der Waals surface area contributed by atoms with Gasteiger partial charge in [0.1, 0.15) is 0 Å². The van der Waals surface area contributed by atoms with E-state index in [1.54, 1.807) is 12.1 Å². The van der Waals surface area contributed by atoms with Gasteiger partial charge in [0.05, 0.1) is 4.90 Å². The van der Waals surface area contributed by atoms with Crippen molar-refractivity contribution >= 4 is 28.3 Å². The second kappa shape index (κ2) is 8.90. The molecule has 0 spiro atoms. The first kappa shape index (κ1) is 22.1. The predicted octanol–water partition coefficient (Wildman–Crippen LogP) is 1.95. The second-order valence-electron chi connectivity index (χ2n) is 7.51. The topological polar surface area (TPSA) is 69.7 Å². The van der Waals surface area contributed by atoms with Crippen LogP contribution in [0.5, 0.6) is 0 Å². The van der Waals surface area contributed by atoms with E-state index >= 15 is 0 Å². The molecule has 1 N–H and O–H groups in total. The molecule has 152 valence electrons. The van der Waals surface area contributed by atoms with Crippen molar-refractivity contribution in [2.24, 2.45) is 5.92 Å². The number of piperazine rings is 1. The molecule has 1 aromatic rings. The lowest BCUT2D eigenvalue weighted by atomic mass is 9.95. The number of benzene rings is 1. The number of carbonyl (C=O) groups is 1. The first-order chi connectivity index (χ1) is 12.3. The van der Waals surface area contributed by atoms with Crippen LogP contribution >= 0.6 is 12.4 Å². The van der Waals surface area contributed by atoms with Crippen molar-refractivity contribution in [3.05, 3.63) is 29.3 Å². The highest BCUT2D eigenvalue weighted by atomic mass is 35.5. The van der Waals surface area contributed by atoms with E-state index in [1.807, 2.05) is 24.8 Å². The standard InChI is InChI=1S/C19H29N3O3S.ClH/c1-14-4-5-18(12-15(14)2)26(24,25)21-9-6-17(7-10-21)19(23)22-11-8-20-13-16(22)3;/h4-5,12,16-17,20H,6-11,13H2,1-3H3;1H/t16-;/m1./s1. The Morgan fingerprint density at radius 3 is 2.37 bits per heavy atom. The minimum absolute atomic E-state index is 0. The van der Waals surface area contributed by atoms with Crippen LogP contribution in [0.1, 0.15) is 30.9 Å². The molecule has 8 heteroatoms. The molecule has 2 heterocycles. The number of hydrogen-bond acceptors (Lipinski definition) is 4. The number of carbonyl (C=O) groups excluding carboxylic acids is 1. The van der Waals surface area contributed by atoms with Crippen molar-refractivity contribution in [3.8, 4) is 0 Å². The van der Waals surface area contributed by atoms with Gasteiger partial charge in [0.25, 0.3) is 0 Å². The third-order valence-corrected chi connectivity index (χ3v) is 7.60. The van der Waals surface area contributed by atoms with Crippen LogP contribution in [-0.4, -0.2) is 62.3 Å². The number of amides is 1. The molecule has 1 atom stereocenters. The van der Waals surface area contributed by atoms with E-state index in [0.717, 1.165) is 30.8 Å². The molecular formula is C19H30ClN3O3S. The molecule has 6 nitrogen and oxygen atoms in total. The van der Waals surface area contributed by atoms with Crippen LogP contribution in [0.4, 0.5) is 0 Å². The largest absolute Gasteiger partial charge is 0.337 e. The summed E-state index contributed by atoms with van der Waals surface area (Å²) in [6.07, 6.45) is 1.19. The number of sulfonamides is 1. The zero-order chi connectivity index (χ0) is 18.9. The first-order valence-corrected chi connectivity index (χ1v) is 10.8. The summed E-state index contributed by atoms with van der Waals surface area (Å²) >= 11 is 0. The van der Waals surface area contributed by atoms with Crippen LogP contribution in [-0.2, 0) is 14.8 Å². The van der Waals surface area contributed by atoms with E-state index in [-0.39, 0.29) is 30.3 Å². The minimum Gasteiger partial charge on any atom is -0.337 e. The average Bonchev–Trinajstić information content (AvgIpc) is 2.64. The van der Waals surface area contributed by atoms with Crippen LogP contribution in [0.2, 0.25) is 0 Å². The van der Waals surface area contributed by atoms with Crippen molar-refractivity contribution in [1.29, 1.82) is 0 Å². The minimum atomic E-state index is -3.49. The number of piperidine rings is 1. The smallest absolute Gasteiger partial charge is 0.243 e. The van der Waals surface area contributed by atoms with Gasteiger partial charge in [0, 0.05) is 44.7 Å². The molecule has 0 bridgehead atoms. The molecule has 0 aliphatic carbocycles. The van der Waals surface area contributed by atoms with E-state index in [2.05, 4.69) is 12.2 Å². The maximum absolute atomic E-state index is 12.9. The van der Waals surface area contributed by atoms with E-state index in [0.29, 0.717) is 30.8 Å². The molecule has 3 rings (SSSR count). The Kier molecular flexibility index (Phi) is 7.30. The highest BCUT2D eigenvalue weighted by Crippen LogP contribution is 2.26. The molecule has 2 fully saturated rings. The van der Waals surface area contributed by atoms with Gasteiger partial charge < -0.3 is 10.2 Å². The van der Waals surface area contributed by atoms with Crippen molar-refractivity contribution in [2.75, 3.05) is 32.7 Å². The number of nitrogens with zero attached hydrogens (tertiary/aromatic N) is 2. The van der Waals surface area contributed by atoms with E-state index in [9.17, 15) is 13.2 Å². The van der Waals surface area contributed by atoms with Gasteiger partial charge >= 0.3 is 0 Å². The average molecular weight is 416 g/mol. The Morgan fingerprint density at radius 2 is 1.78 bits per heavy atom. The molecule has 27 heavy (non-hydrogen) atoms. The summed E-state index contributed by atoms with van der Waals surface area (Å²) in [5.41, 5.74) is 2.06. The Hall–Kier alpha value is -1.15. The summed E-state index contributed by atoms with van der Waals surface area (Å²) in [5, 5.41) is 3.29. The fourth-order valence-corrected chi connectivity index (χ4v) is 5.32. The van der Waals surface area contributed by atoms with Crippen LogP contribution in [0, 0.1) is 19.8 Å². The first-order valence-electron chi connectivity index (χ1n) is 9.39. The van der Waals surface area contributed by atoms with Gasteiger partial charge in [0.15, 0.2) is 0 Å². The van der Waals surface area contributed by atoms with Crippen LogP contribution in [0.25, 0.3) is 0 Å². The maximum atomic E-state index is 12.9. The maximum Gasteiger partial charge on any atom is 0.243 e. The van der Waals surface area contributed by atoms with Crippen molar-refractivity contribution in [3.63, 3.8) is 0 Å². The fraction of sp³-hybridized carbons (Fsp3) is 0.632. The molecule has 2 aliphatic heterocycles. The molecule has 1 aromatic carbocycles. The summed E-state index contributed by atoms with van der Waals surface area (Å²) in [7, 11) is -3.49. The lowest BCUT2D eigenvalue weighted by Gasteiger charge is -2.38. The molecule has 2 saturated heterocycles. The van der Waals surface area contributed by atoms with Gasteiger partial charge in [-0.15, -0.1) is 12.4 Å². The van der Waals surface area contributed by atoms with Gasteiger partial charge in [-0.2, -0.15) is 4.31 Å². The quantitative estimate of drug-likeness (QED) is 0.819. The zero-order valence-corrected chi connectivity index (χ0v) is 17.9. The van der Waals surface area contributed by atoms with Crippen LogP contribution in [0.3, 0.4) is 0 Å². The van der Waals surface area contributed by atoms with Crippen molar-refractivity contribution in [2.45, 2.75) is 44.6 Å². The number of rotatable bonds is 3. The summed E-state index contributed by atoms with van der Waals surface area (Å²) in [4.78, 5) is 15.1. The lowest BCUT2D eigenvalue weighted by Crippen LogP contribution is -2.55. The summed E-state index contributed by atoms with van der Waals surface area (Å²) < 4.78 is 27.3. The highest BCUT2D eigenvalue weighted by molar-refractivity contribution is 7.89. The zero-order valence-electron chi connectivity index (χ0n) is 16.3. The molecule has 0 unspecified atom stereocenters. The lowest BCUT2D eigenvalue weighted by molar-refractivity contribution is -0.139. The summed E-state index contributed by atoms with van der Waals surface area (Å²) in [5.74, 6) is 0.115. The number of aryl methyl sites for hydroxylation is 2. The van der Waals surface area contributed by atoms with Gasteiger partial charge in [-0.05, 0) is 56.9 Å². The van der Waals surface area contributed by atoms with Crippen molar-refractivity contribution in [1.82, 2.24) is 14.5 Å². The monoisotopic (exact) mass is 415 g/mol. The molecule has 2 aliphatic rings. The van der Waals surface area contributed by atoms with Crippen LogP contribution < -0.4 is 5.32 Å². The summed E-state index contributed by atoms with van der Waals surface area (Å²) in [6.45, 7) is 9.17. The van der Waals surface area contributed by atoms with Gasteiger partial charge in [-0.1, -0.05) is 6.07 Å². The van der Waals surface area contributed by atoms with E-state index in [1.165, 1.54) is 4.31 Å². The Morgan fingerprint density at radius 1 is 1.11 bits per heavy atom. The molecule has 1 amide bonds. The van der Waals surface area contributed by atoms with E-state index in [4.69, 9.17) is 0 Å². The Balaban J connectivity index is 0.00000261. The summed E-state index contributed by atoms with van der Waals surface area (Å²) in [6, 6.07) is 5.47. The normalized spacial score (nSPS) is 22.3. The predicted molar refractivity (Wildman–Crippen MR) is 109 cm³/mol. The number of hydrogen-bond donors (Lipinski definition) is 1. The second-order valence-corrected chi connectivity index (χ2v) is 9.45. The number of nitrogens with one attached hydrogen (secondary N) is 1. The SMILES string of the molecule is Cc1ccc(S(=O)(=O)N2CCC(C(=O)N3CCNC[C@H]3C)CC2)cc1C.Cl. The van der Waals surface area contributed by atoms with Gasteiger partial charge in [0.2, 0.25) is 15.9 Å². The van der Waals surface area contributed by atoms with Crippen molar-refractivity contribution < 1.29 is 13.2 Å². The van der Waals surface area contributed by atoms with Gasteiger partial charge in [-0.3, -0.25) is 4.79 Å². The number of halogens is 1. The third-order valence-electron chi connectivity index (χ3n) is 5.70.